The smallest absolute Gasteiger partial charge is 0.245 e. The highest BCUT2D eigenvalue weighted by molar-refractivity contribution is 5.81. The number of benzene rings is 1. The van der Waals surface area contributed by atoms with Gasteiger partial charge in [-0.1, -0.05) is 12.1 Å². The van der Waals surface area contributed by atoms with Gasteiger partial charge in [0.1, 0.15) is 17.6 Å². The number of hydrogen-bond acceptors (Lipinski definition) is 6. The summed E-state index contributed by atoms with van der Waals surface area (Å²) in [5.74, 6) is 1.32. The summed E-state index contributed by atoms with van der Waals surface area (Å²) < 4.78 is 6.87. The van der Waals surface area contributed by atoms with Crippen LogP contribution in [0.3, 0.4) is 0 Å². The lowest BCUT2D eigenvalue weighted by atomic mass is 10.0. The maximum absolute atomic E-state index is 12.9. The fraction of sp³-hybridized carbons (Fsp3) is 0.529. The third kappa shape index (κ3) is 4.33. The van der Waals surface area contributed by atoms with Gasteiger partial charge in [-0.15, -0.1) is 5.10 Å². The SMILES string of the molecule is COc1cccc(CC(C(=O)N[C@H]2CCCNC2)n2nnnc2C)c1. The van der Waals surface area contributed by atoms with Gasteiger partial charge in [0.15, 0.2) is 0 Å². The quantitative estimate of drug-likeness (QED) is 0.799. The van der Waals surface area contributed by atoms with E-state index in [9.17, 15) is 4.79 Å². The molecule has 1 aromatic carbocycles. The first-order chi connectivity index (χ1) is 12.2. The third-order valence-corrected chi connectivity index (χ3v) is 4.46. The molecule has 25 heavy (non-hydrogen) atoms. The van der Waals surface area contributed by atoms with Crippen LogP contribution >= 0.6 is 0 Å². The number of aryl methyl sites for hydroxylation is 1. The lowest BCUT2D eigenvalue weighted by molar-refractivity contribution is -0.125. The van der Waals surface area contributed by atoms with E-state index in [0.717, 1.165) is 37.2 Å². The summed E-state index contributed by atoms with van der Waals surface area (Å²) in [5, 5.41) is 18.1. The molecular weight excluding hydrogens is 320 g/mol. The summed E-state index contributed by atoms with van der Waals surface area (Å²) >= 11 is 0. The van der Waals surface area contributed by atoms with E-state index in [4.69, 9.17) is 4.74 Å². The molecule has 1 fully saturated rings. The van der Waals surface area contributed by atoms with Crippen LogP contribution in [-0.2, 0) is 11.2 Å². The zero-order valence-corrected chi connectivity index (χ0v) is 14.6. The van der Waals surface area contributed by atoms with Gasteiger partial charge in [-0.25, -0.2) is 4.68 Å². The Bertz CT molecular complexity index is 711. The third-order valence-electron chi connectivity index (χ3n) is 4.46. The van der Waals surface area contributed by atoms with E-state index in [1.807, 2.05) is 24.3 Å². The van der Waals surface area contributed by atoms with Gasteiger partial charge in [-0.05, 0) is 54.4 Å². The van der Waals surface area contributed by atoms with Gasteiger partial charge in [-0.3, -0.25) is 4.79 Å². The van der Waals surface area contributed by atoms with Gasteiger partial charge < -0.3 is 15.4 Å². The van der Waals surface area contributed by atoms with E-state index in [0.29, 0.717) is 12.2 Å². The van der Waals surface area contributed by atoms with Crippen molar-refractivity contribution < 1.29 is 9.53 Å². The first-order valence-electron chi connectivity index (χ1n) is 8.56. The monoisotopic (exact) mass is 344 g/mol. The summed E-state index contributed by atoms with van der Waals surface area (Å²) in [5.41, 5.74) is 0.996. The van der Waals surface area contributed by atoms with Gasteiger partial charge in [0.05, 0.1) is 7.11 Å². The van der Waals surface area contributed by atoms with Crippen LogP contribution in [0, 0.1) is 6.92 Å². The van der Waals surface area contributed by atoms with Crippen molar-refractivity contribution in [3.05, 3.63) is 35.7 Å². The molecule has 2 heterocycles. The number of tetrazole rings is 1. The van der Waals surface area contributed by atoms with E-state index in [1.165, 1.54) is 0 Å². The van der Waals surface area contributed by atoms with E-state index >= 15 is 0 Å². The number of amides is 1. The Morgan fingerprint density at radius 1 is 1.52 bits per heavy atom. The van der Waals surface area contributed by atoms with Crippen LogP contribution in [0.1, 0.15) is 30.3 Å². The average molecular weight is 344 g/mol. The highest BCUT2D eigenvalue weighted by atomic mass is 16.5. The fourth-order valence-corrected chi connectivity index (χ4v) is 3.11. The molecule has 0 aliphatic carbocycles. The van der Waals surface area contributed by atoms with Crippen molar-refractivity contribution in [2.75, 3.05) is 20.2 Å². The molecule has 1 aliphatic heterocycles. The van der Waals surface area contributed by atoms with Crippen LogP contribution in [0.4, 0.5) is 0 Å². The van der Waals surface area contributed by atoms with Gasteiger partial charge in [0, 0.05) is 19.0 Å². The molecular formula is C17H24N6O2. The zero-order valence-electron chi connectivity index (χ0n) is 14.6. The molecule has 134 valence electrons. The van der Waals surface area contributed by atoms with Gasteiger partial charge in [-0.2, -0.15) is 0 Å². The van der Waals surface area contributed by atoms with Crippen molar-refractivity contribution in [2.45, 2.75) is 38.3 Å². The summed E-state index contributed by atoms with van der Waals surface area (Å²) in [6, 6.07) is 7.36. The second-order valence-electron chi connectivity index (χ2n) is 6.29. The first kappa shape index (κ1) is 17.3. The number of ether oxygens (including phenoxy) is 1. The molecule has 1 unspecified atom stereocenters. The Morgan fingerprint density at radius 2 is 2.40 bits per heavy atom. The van der Waals surface area contributed by atoms with E-state index < -0.39 is 6.04 Å². The molecule has 0 saturated carbocycles. The van der Waals surface area contributed by atoms with E-state index in [2.05, 4.69) is 26.2 Å². The predicted molar refractivity (Wildman–Crippen MR) is 92.3 cm³/mol. The minimum atomic E-state index is -0.496. The van der Waals surface area contributed by atoms with Crippen LogP contribution in [0.15, 0.2) is 24.3 Å². The molecule has 1 aromatic heterocycles. The summed E-state index contributed by atoms with van der Waals surface area (Å²) in [6.45, 7) is 3.60. The fourth-order valence-electron chi connectivity index (χ4n) is 3.11. The van der Waals surface area contributed by atoms with Crippen LogP contribution in [0.2, 0.25) is 0 Å². The Balaban J connectivity index is 1.79. The van der Waals surface area contributed by atoms with Crippen molar-refractivity contribution >= 4 is 5.91 Å². The van der Waals surface area contributed by atoms with Crippen LogP contribution < -0.4 is 15.4 Å². The zero-order chi connectivity index (χ0) is 17.6. The maximum Gasteiger partial charge on any atom is 0.245 e. The van der Waals surface area contributed by atoms with Crippen LogP contribution in [0.25, 0.3) is 0 Å². The number of nitrogens with one attached hydrogen (secondary N) is 2. The number of nitrogens with zero attached hydrogens (tertiary/aromatic N) is 4. The van der Waals surface area contributed by atoms with Crippen molar-refractivity contribution in [1.82, 2.24) is 30.8 Å². The Hall–Kier alpha value is -2.48. The number of carbonyl (C=O) groups is 1. The minimum absolute atomic E-state index is 0.0630. The number of carbonyl (C=O) groups excluding carboxylic acids is 1. The van der Waals surface area contributed by atoms with Crippen molar-refractivity contribution in [2.24, 2.45) is 0 Å². The summed E-state index contributed by atoms with van der Waals surface area (Å²) in [6.07, 6.45) is 2.55. The van der Waals surface area contributed by atoms with Crippen molar-refractivity contribution in [3.8, 4) is 5.75 Å². The lowest BCUT2D eigenvalue weighted by Gasteiger charge is -2.26. The molecule has 1 amide bonds. The lowest BCUT2D eigenvalue weighted by Crippen LogP contribution is -2.48. The number of hydrogen-bond donors (Lipinski definition) is 2. The molecule has 0 bridgehead atoms. The van der Waals surface area contributed by atoms with Crippen molar-refractivity contribution in [3.63, 3.8) is 0 Å². The molecule has 0 radical (unpaired) electrons. The summed E-state index contributed by atoms with van der Waals surface area (Å²) in [7, 11) is 1.63. The Kier molecular flexibility index (Phi) is 5.60. The normalized spacial score (nSPS) is 18.6. The standard InChI is InChI=1S/C17H24N6O2/c1-12-20-21-22-23(12)16(10-13-5-3-7-15(9-13)25-2)17(24)19-14-6-4-8-18-11-14/h3,5,7,9,14,16,18H,4,6,8,10-11H2,1-2H3,(H,19,24)/t14-,16?/m0/s1. The highest BCUT2D eigenvalue weighted by Crippen LogP contribution is 2.19. The molecule has 2 atom stereocenters. The molecule has 8 nitrogen and oxygen atoms in total. The topological polar surface area (TPSA) is 94.0 Å². The molecule has 2 aromatic rings. The summed E-state index contributed by atoms with van der Waals surface area (Å²) in [4.78, 5) is 12.9. The number of methoxy groups -OCH3 is 1. The number of aromatic nitrogens is 4. The molecule has 2 N–H and O–H groups in total. The van der Waals surface area contributed by atoms with E-state index in [-0.39, 0.29) is 11.9 Å². The molecule has 1 aliphatic rings. The van der Waals surface area contributed by atoms with Crippen molar-refractivity contribution in [1.29, 1.82) is 0 Å². The molecule has 8 heteroatoms. The maximum atomic E-state index is 12.9. The second-order valence-corrected chi connectivity index (χ2v) is 6.29. The number of piperidine rings is 1. The van der Waals surface area contributed by atoms with Gasteiger partial charge >= 0.3 is 0 Å². The molecule has 3 rings (SSSR count). The molecule has 0 spiro atoms. The highest BCUT2D eigenvalue weighted by Gasteiger charge is 2.27. The van der Waals surface area contributed by atoms with E-state index in [1.54, 1.807) is 18.7 Å². The Labute approximate surface area is 146 Å². The largest absolute Gasteiger partial charge is 0.497 e. The van der Waals surface area contributed by atoms with Gasteiger partial charge in [0.2, 0.25) is 5.91 Å². The molecule has 1 saturated heterocycles. The first-order valence-corrected chi connectivity index (χ1v) is 8.56. The average Bonchev–Trinajstić information content (AvgIpc) is 3.06. The predicted octanol–water partition coefficient (Wildman–Crippen LogP) is 0.642. The number of rotatable bonds is 6. The Morgan fingerprint density at radius 3 is 3.08 bits per heavy atom. The van der Waals surface area contributed by atoms with Crippen LogP contribution in [0.5, 0.6) is 5.75 Å². The van der Waals surface area contributed by atoms with Crippen LogP contribution in [-0.4, -0.2) is 52.4 Å². The second kappa shape index (κ2) is 8.06. The minimum Gasteiger partial charge on any atom is -0.497 e. The van der Waals surface area contributed by atoms with Gasteiger partial charge in [0.25, 0.3) is 0 Å².